The van der Waals surface area contributed by atoms with Gasteiger partial charge < -0.3 is 10.2 Å². The summed E-state index contributed by atoms with van der Waals surface area (Å²) in [6.07, 6.45) is 9.52. The molecule has 0 spiro atoms. The van der Waals surface area contributed by atoms with Crippen molar-refractivity contribution < 1.29 is 29.6 Å². The van der Waals surface area contributed by atoms with E-state index in [1.165, 1.54) is 24.3 Å². The minimum atomic E-state index is -2.22. The van der Waals surface area contributed by atoms with Crippen LogP contribution in [0, 0.1) is 32.1 Å². The van der Waals surface area contributed by atoms with Crippen LogP contribution in [0.1, 0.15) is 0 Å². The highest BCUT2D eigenvalue weighted by Crippen LogP contribution is 2.53. The molecular weight excluding hydrogens is 388 g/mol. The summed E-state index contributed by atoms with van der Waals surface area (Å²) in [6, 6.07) is 0. The van der Waals surface area contributed by atoms with Crippen LogP contribution in [-0.2, 0) is 9.59 Å². The fourth-order valence-corrected chi connectivity index (χ4v) is 5.79. The van der Waals surface area contributed by atoms with Crippen LogP contribution in [0.3, 0.4) is 0 Å². The average Bonchev–Trinajstić information content (AvgIpc) is 2.59. The summed E-state index contributed by atoms with van der Waals surface area (Å²) in [5.74, 6) is -6.09. The molecule has 2 N–H and O–H groups in total. The molecule has 138 valence electrons. The van der Waals surface area contributed by atoms with Gasteiger partial charge in [0, 0.05) is 43.6 Å². The van der Waals surface area contributed by atoms with Gasteiger partial charge in [-0.25, -0.2) is 0 Å². The van der Waals surface area contributed by atoms with Crippen LogP contribution in [0.2, 0.25) is 0 Å². The van der Waals surface area contributed by atoms with Gasteiger partial charge in [-0.3, -0.25) is 29.8 Å². The van der Waals surface area contributed by atoms with E-state index in [1.807, 2.05) is 0 Å². The third kappa shape index (κ3) is 3.24. The Hall–Kier alpha value is -2.60. The molecule has 0 fully saturated rings. The van der Waals surface area contributed by atoms with E-state index in [4.69, 9.17) is 0 Å². The molecular formula is C14H12N2O8S2. The van der Waals surface area contributed by atoms with E-state index in [2.05, 4.69) is 0 Å². The molecule has 0 aliphatic heterocycles. The molecule has 0 aromatic heterocycles. The quantitative estimate of drug-likeness (QED) is 0.280. The summed E-state index contributed by atoms with van der Waals surface area (Å²) in [6.45, 7) is 0. The summed E-state index contributed by atoms with van der Waals surface area (Å²) in [5.41, 5.74) is 0. The SMILES string of the molecule is O=C(O)C1C=CC=CC1(SSC1([N+](=O)[O-])C=CC=CC1C(=O)O)[N+](=O)[O-]. The summed E-state index contributed by atoms with van der Waals surface area (Å²) >= 11 is 0. The molecule has 0 saturated heterocycles. The first-order chi connectivity index (χ1) is 12.2. The number of carboxylic acids is 2. The maximum Gasteiger partial charge on any atom is 0.319 e. The Kier molecular flexibility index (Phi) is 5.56. The second kappa shape index (κ2) is 7.33. The minimum Gasteiger partial charge on any atom is -0.481 e. The Labute approximate surface area is 154 Å². The van der Waals surface area contributed by atoms with Gasteiger partial charge in [-0.15, -0.1) is 0 Å². The molecule has 4 unspecified atom stereocenters. The maximum absolute atomic E-state index is 11.7. The van der Waals surface area contributed by atoms with Crippen LogP contribution >= 0.6 is 21.6 Å². The molecule has 0 bridgehead atoms. The number of nitro groups is 2. The number of allylic oxidation sites excluding steroid dienone is 4. The third-order valence-corrected chi connectivity index (χ3v) is 7.35. The van der Waals surface area contributed by atoms with E-state index < -0.39 is 43.4 Å². The van der Waals surface area contributed by atoms with Crippen molar-refractivity contribution in [2.24, 2.45) is 11.8 Å². The highest BCUT2D eigenvalue weighted by Gasteiger charge is 2.60. The lowest BCUT2D eigenvalue weighted by molar-refractivity contribution is -0.531. The van der Waals surface area contributed by atoms with E-state index in [-0.39, 0.29) is 0 Å². The molecule has 2 rings (SSSR count). The molecule has 0 radical (unpaired) electrons. The fourth-order valence-electron chi connectivity index (χ4n) is 2.44. The van der Waals surface area contributed by atoms with Crippen LogP contribution in [0.5, 0.6) is 0 Å². The molecule has 12 heteroatoms. The van der Waals surface area contributed by atoms with Crippen molar-refractivity contribution in [2.75, 3.05) is 0 Å². The number of carboxylic acid groups (broad SMARTS) is 2. The molecule has 0 saturated carbocycles. The Morgan fingerprint density at radius 3 is 1.42 bits per heavy atom. The van der Waals surface area contributed by atoms with Crippen LogP contribution < -0.4 is 0 Å². The van der Waals surface area contributed by atoms with Crippen LogP contribution in [0.15, 0.2) is 48.6 Å². The Balaban J connectivity index is 2.43. The maximum atomic E-state index is 11.7. The van der Waals surface area contributed by atoms with Gasteiger partial charge in [-0.1, -0.05) is 36.5 Å². The number of nitrogens with zero attached hydrogens (tertiary/aromatic N) is 2. The summed E-state index contributed by atoms with van der Waals surface area (Å²) in [4.78, 5) is 40.1. The number of carbonyl (C=O) groups is 2. The number of hydrogen-bond donors (Lipinski definition) is 2. The highest BCUT2D eigenvalue weighted by atomic mass is 33.1. The van der Waals surface area contributed by atoms with E-state index in [0.29, 0.717) is 21.6 Å². The van der Waals surface area contributed by atoms with E-state index in [1.54, 1.807) is 0 Å². The van der Waals surface area contributed by atoms with E-state index in [9.17, 15) is 40.0 Å². The van der Waals surface area contributed by atoms with Crippen molar-refractivity contribution in [1.29, 1.82) is 0 Å². The highest BCUT2D eigenvalue weighted by molar-refractivity contribution is 8.77. The Morgan fingerprint density at radius 1 is 0.808 bits per heavy atom. The fraction of sp³-hybridized carbons (Fsp3) is 0.286. The van der Waals surface area contributed by atoms with E-state index in [0.717, 1.165) is 24.3 Å². The van der Waals surface area contributed by atoms with Gasteiger partial charge in [0.15, 0.2) is 11.8 Å². The molecule has 2 aliphatic carbocycles. The first-order valence-electron chi connectivity index (χ1n) is 7.01. The standard InChI is InChI=1S/C14H12N2O8S2/c17-11(18)9-5-1-3-7-13(9,15(21)22)25-26-14(16(23)24)8-4-2-6-10(14)12(19)20/h1-10H,(H,17,18)(H,19,20). The lowest BCUT2D eigenvalue weighted by Gasteiger charge is -2.31. The lowest BCUT2D eigenvalue weighted by atomic mass is 9.95. The van der Waals surface area contributed by atoms with Crippen molar-refractivity contribution in [3.8, 4) is 0 Å². The van der Waals surface area contributed by atoms with Gasteiger partial charge in [-0.05, 0) is 0 Å². The number of rotatable bonds is 7. The second-order valence-electron chi connectivity index (χ2n) is 5.30. The zero-order valence-electron chi connectivity index (χ0n) is 12.8. The normalized spacial score (nSPS) is 32.3. The summed E-state index contributed by atoms with van der Waals surface area (Å²) < 4.78 is 0. The van der Waals surface area contributed by atoms with Gasteiger partial charge in [0.25, 0.3) is 0 Å². The van der Waals surface area contributed by atoms with Crippen LogP contribution in [-0.4, -0.2) is 41.7 Å². The van der Waals surface area contributed by atoms with Gasteiger partial charge in [0.1, 0.15) is 0 Å². The minimum absolute atomic E-state index is 0.353. The molecule has 0 amide bonds. The topological polar surface area (TPSA) is 161 Å². The first kappa shape index (κ1) is 19.7. The lowest BCUT2D eigenvalue weighted by Crippen LogP contribution is -2.47. The molecule has 2 aliphatic rings. The van der Waals surface area contributed by atoms with Gasteiger partial charge >= 0.3 is 21.7 Å². The van der Waals surface area contributed by atoms with Crippen molar-refractivity contribution >= 4 is 33.5 Å². The largest absolute Gasteiger partial charge is 0.481 e. The second-order valence-corrected chi connectivity index (χ2v) is 7.95. The zero-order valence-corrected chi connectivity index (χ0v) is 14.5. The third-order valence-electron chi connectivity index (χ3n) is 3.80. The Morgan fingerprint density at radius 2 is 1.15 bits per heavy atom. The Bertz CT molecular complexity index is 713. The molecule has 0 aromatic rings. The molecule has 26 heavy (non-hydrogen) atoms. The van der Waals surface area contributed by atoms with Crippen LogP contribution in [0.4, 0.5) is 0 Å². The van der Waals surface area contributed by atoms with Gasteiger partial charge in [-0.2, -0.15) is 0 Å². The predicted octanol–water partition coefficient (Wildman–Crippen LogP) is 1.97. The molecule has 4 atom stereocenters. The van der Waals surface area contributed by atoms with Crippen LogP contribution in [0.25, 0.3) is 0 Å². The van der Waals surface area contributed by atoms with Crippen molar-refractivity contribution in [2.45, 2.75) is 9.74 Å². The van der Waals surface area contributed by atoms with Crippen molar-refractivity contribution in [3.63, 3.8) is 0 Å². The predicted molar refractivity (Wildman–Crippen MR) is 93.4 cm³/mol. The summed E-state index contributed by atoms with van der Waals surface area (Å²) in [7, 11) is 0.706. The number of hydrogen-bond acceptors (Lipinski definition) is 8. The van der Waals surface area contributed by atoms with E-state index >= 15 is 0 Å². The van der Waals surface area contributed by atoms with Crippen molar-refractivity contribution in [1.82, 2.24) is 0 Å². The first-order valence-corrected chi connectivity index (χ1v) is 9.16. The summed E-state index contributed by atoms with van der Waals surface area (Å²) in [5, 5.41) is 41.9. The average molecular weight is 400 g/mol. The zero-order chi connectivity index (χ0) is 19.5. The molecule has 0 aromatic carbocycles. The number of aliphatic carboxylic acids is 2. The molecule has 0 heterocycles. The monoisotopic (exact) mass is 400 g/mol. The smallest absolute Gasteiger partial charge is 0.319 e. The molecule has 10 nitrogen and oxygen atoms in total. The van der Waals surface area contributed by atoms with Gasteiger partial charge in [0.2, 0.25) is 0 Å². The van der Waals surface area contributed by atoms with Gasteiger partial charge in [0.05, 0.1) is 0 Å². The van der Waals surface area contributed by atoms with Crippen molar-refractivity contribution in [3.05, 3.63) is 68.8 Å².